The van der Waals surface area contributed by atoms with Crippen LogP contribution in [-0.2, 0) is 27.3 Å². The number of benzene rings is 2. The molecular formula is C96H170N2Ni. The summed E-state index contributed by atoms with van der Waals surface area (Å²) in [6.45, 7) is 13.7. The molecule has 0 aliphatic heterocycles. The molecule has 3 heteroatoms. The van der Waals surface area contributed by atoms with Crippen LogP contribution in [0.5, 0.6) is 0 Å². The van der Waals surface area contributed by atoms with Gasteiger partial charge in [0.1, 0.15) is 0 Å². The smallest absolute Gasteiger partial charge is 0.0654 e. The minimum Gasteiger partial charge on any atom is -0.0654 e. The third kappa shape index (κ3) is 63.6. The molecule has 99 heavy (non-hydrogen) atoms. The van der Waals surface area contributed by atoms with Crippen molar-refractivity contribution in [3.05, 3.63) is 87.5 Å². The molecule has 0 aliphatic carbocycles. The molecule has 2 rings (SSSR count). The summed E-state index contributed by atoms with van der Waals surface area (Å²) >= 11 is 2.05. The Bertz CT molecular complexity index is 2110. The molecule has 0 bridgehead atoms. The van der Waals surface area contributed by atoms with E-state index in [1.807, 2.05) is 0 Å². The van der Waals surface area contributed by atoms with E-state index in [9.17, 15) is 5.53 Å². The number of aryl methyl sites for hydroxylation is 2. The number of nitrogens with zero attached hydrogens (tertiary/aromatic N) is 2. The molecule has 0 atom stereocenters. The van der Waals surface area contributed by atoms with Crippen LogP contribution >= 0.6 is 0 Å². The van der Waals surface area contributed by atoms with E-state index in [1.54, 1.807) is 0 Å². The molecule has 0 N–H and O–H groups in total. The summed E-state index contributed by atoms with van der Waals surface area (Å²) in [5.74, 6) is 10.3. The van der Waals surface area contributed by atoms with Crippen LogP contribution in [0, 0.1) is 11.8 Å². The first-order valence-electron chi connectivity index (χ1n) is 44.9. The molecule has 574 valence electrons. The van der Waals surface area contributed by atoms with E-state index >= 15 is 0 Å². The van der Waals surface area contributed by atoms with Crippen molar-refractivity contribution < 1.29 is 19.2 Å². The van der Waals surface area contributed by atoms with Gasteiger partial charge in [-0.1, -0.05) is 359 Å². The minimum absolute atomic E-state index is 0.792. The number of rotatable bonds is 74. The second-order valence-corrected chi connectivity index (χ2v) is 32.3. The van der Waals surface area contributed by atoms with Gasteiger partial charge in [0, 0.05) is 12.0 Å². The van der Waals surface area contributed by atoms with Crippen LogP contribution in [0.2, 0.25) is 10.8 Å². The normalized spacial score (nSPS) is 11.5. The van der Waals surface area contributed by atoms with Crippen LogP contribution in [0.15, 0.2) is 59.7 Å². The Hall–Kier alpha value is -2.61. The van der Waals surface area contributed by atoms with Gasteiger partial charge in [-0.2, -0.15) is 0 Å². The standard InChI is InChI=1S/C48H72N2.2C24H49.Ni/c1-5-9-13-15-17-18-19-20-21-22-23-25-28-38-47(46(41-50-49)35-12-8-4)48(44-36-29-33-42(39-44)31-26-11-7-3)45-37-30-34-43(40-45)32-27-24-16-14-10-6-2;2*1-3-5-7-9-11-13-15-17-19-21-23-24-22-20-18-16-14-12-10-8-6-4-2;/h29-30,33-34,36-37,39-40H,5-27,31-32,35H2,1-4H3;2*1,3-24H2,2H3;. The molecule has 0 amide bonds. The summed E-state index contributed by atoms with van der Waals surface area (Å²) in [7, 11) is 0. The Morgan fingerprint density at radius 3 is 0.848 bits per heavy atom. The second kappa shape index (κ2) is 79.5. The van der Waals surface area contributed by atoms with Gasteiger partial charge in [0.15, 0.2) is 0 Å². The predicted octanol–water partition coefficient (Wildman–Crippen LogP) is 34.0. The molecule has 0 aromatic heterocycles. The first kappa shape index (κ1) is 94.4. The van der Waals surface area contributed by atoms with Crippen molar-refractivity contribution in [1.29, 1.82) is 0 Å². The molecule has 0 aliphatic rings. The monoisotopic (exact) mass is 1410 g/mol. The Morgan fingerprint density at radius 2 is 0.556 bits per heavy atom. The quantitative estimate of drug-likeness (QED) is 0.0120. The average Bonchev–Trinajstić information content (AvgIpc) is 0.813. The van der Waals surface area contributed by atoms with Gasteiger partial charge < -0.3 is 5.53 Å². The molecule has 0 spiro atoms. The van der Waals surface area contributed by atoms with Crippen LogP contribution in [-0.4, -0.2) is 10.7 Å². The van der Waals surface area contributed by atoms with Crippen LogP contribution in [0.25, 0.3) is 11.1 Å². The summed E-state index contributed by atoms with van der Waals surface area (Å²) in [5, 5.41) is 2.87. The van der Waals surface area contributed by atoms with Crippen molar-refractivity contribution in [3.63, 3.8) is 0 Å². The molecule has 2 aromatic rings. The fourth-order valence-corrected chi connectivity index (χ4v) is 15.7. The summed E-state index contributed by atoms with van der Waals surface area (Å²) < 4.78 is 0. The summed E-state index contributed by atoms with van der Waals surface area (Å²) in [5.41, 5.74) is 18.0. The summed E-state index contributed by atoms with van der Waals surface area (Å²) in [6.07, 6.45) is 97.3. The first-order chi connectivity index (χ1) is 49.1. The Labute approximate surface area is 627 Å². The Balaban J connectivity index is 0.000000990. The third-order valence-electron chi connectivity index (χ3n) is 21.1. The zero-order valence-electron chi connectivity index (χ0n) is 67.7. The average molecular weight is 1410 g/mol. The van der Waals surface area contributed by atoms with Crippen LogP contribution < -0.4 is 0 Å². The molecular weight excluding hydrogens is 1240 g/mol. The zero-order valence-corrected chi connectivity index (χ0v) is 68.7. The van der Waals surface area contributed by atoms with Crippen molar-refractivity contribution >= 4 is 11.4 Å². The van der Waals surface area contributed by atoms with Gasteiger partial charge in [0.2, 0.25) is 0 Å². The van der Waals surface area contributed by atoms with E-state index in [4.69, 9.17) is 0 Å². The van der Waals surface area contributed by atoms with Gasteiger partial charge in [-0.15, -0.1) is 4.79 Å². The summed E-state index contributed by atoms with van der Waals surface area (Å²) in [4.78, 5) is 3.46. The van der Waals surface area contributed by atoms with Crippen molar-refractivity contribution in [2.75, 3.05) is 0 Å². The molecule has 2 aromatic carbocycles. The third-order valence-corrected chi connectivity index (χ3v) is 22.5. The second-order valence-electron chi connectivity index (χ2n) is 30.8. The fourth-order valence-electron chi connectivity index (χ4n) is 14.5. The van der Waals surface area contributed by atoms with Gasteiger partial charge in [-0.3, -0.25) is 0 Å². The minimum atomic E-state index is 0.792. The van der Waals surface area contributed by atoms with Crippen LogP contribution in [0.3, 0.4) is 0 Å². The van der Waals surface area contributed by atoms with Crippen molar-refractivity contribution in [3.8, 4) is 11.8 Å². The number of hydrogen-bond donors (Lipinski definition) is 0. The molecule has 2 nitrogen and oxygen atoms in total. The molecule has 0 heterocycles. The predicted molar refractivity (Wildman–Crippen MR) is 444 cm³/mol. The maximum absolute atomic E-state index is 9.80. The van der Waals surface area contributed by atoms with E-state index in [0.717, 1.165) is 61.7 Å². The van der Waals surface area contributed by atoms with Gasteiger partial charge in [0.25, 0.3) is 0 Å². The SMILES string of the molecule is CCCCCCCCCCCCCC#CC(C(=C=[N+]=[N-])CCCC)=C(c1cccc(CCCCC)c1)c1cccc(CCCCCCCC)c1.CCCCCCCCCCCCCCCCCCCCCCC[CH2][Ni][CH2]CCCCCCCCCCCCCCCCCCCCCCC. The van der Waals surface area contributed by atoms with Crippen LogP contribution in [0.1, 0.15) is 500 Å². The van der Waals surface area contributed by atoms with E-state index < -0.39 is 0 Å². The molecule has 0 radical (unpaired) electrons. The maximum atomic E-state index is 9.80. The topological polar surface area (TPSA) is 36.4 Å². The fraction of sp³-hybridized carbons (Fsp3) is 0.812. The van der Waals surface area contributed by atoms with Gasteiger partial charge >= 0.3 is 172 Å². The first-order valence-corrected chi connectivity index (χ1v) is 46.3. The number of hydrogen-bond acceptors (Lipinski definition) is 0. The van der Waals surface area contributed by atoms with E-state index in [-0.39, 0.29) is 0 Å². The number of allylic oxidation sites excluding steroid dienone is 2. The van der Waals surface area contributed by atoms with Gasteiger partial charge in [-0.25, -0.2) is 0 Å². The molecule has 0 unspecified atom stereocenters. The van der Waals surface area contributed by atoms with Gasteiger partial charge in [0.05, 0.1) is 11.1 Å². The number of unbranched alkanes of at least 4 members (excludes halogenated alkanes) is 61. The van der Waals surface area contributed by atoms with Crippen molar-refractivity contribution in [2.45, 2.75) is 502 Å². The summed E-state index contributed by atoms with van der Waals surface area (Å²) in [6, 6.07) is 18.3. The Morgan fingerprint density at radius 1 is 0.303 bits per heavy atom. The van der Waals surface area contributed by atoms with Crippen molar-refractivity contribution in [1.82, 2.24) is 0 Å². The Kier molecular flexibility index (Phi) is 75.8. The van der Waals surface area contributed by atoms with Crippen molar-refractivity contribution in [2.24, 2.45) is 0 Å². The van der Waals surface area contributed by atoms with E-state index in [2.05, 4.69) is 127 Å². The van der Waals surface area contributed by atoms with E-state index in [1.165, 1.54) is 438 Å². The molecule has 0 saturated heterocycles. The van der Waals surface area contributed by atoms with Gasteiger partial charge in [-0.05, 0) is 67.2 Å². The van der Waals surface area contributed by atoms with E-state index in [0.29, 0.717) is 0 Å². The zero-order chi connectivity index (χ0) is 71.1. The molecule has 0 fully saturated rings. The van der Waals surface area contributed by atoms with Crippen LogP contribution in [0.4, 0.5) is 0 Å². The molecule has 0 saturated carbocycles.